The number of methoxy groups -OCH3 is 1. The van der Waals surface area contributed by atoms with E-state index in [-0.39, 0.29) is 5.41 Å². The molecule has 0 amide bonds. The summed E-state index contributed by atoms with van der Waals surface area (Å²) in [4.78, 5) is 8.92. The molecule has 0 unspecified atom stereocenters. The first kappa shape index (κ1) is 16.6. The Morgan fingerprint density at radius 2 is 1.84 bits per heavy atom. The van der Waals surface area contributed by atoms with Crippen LogP contribution in [0.25, 0.3) is 0 Å². The van der Waals surface area contributed by atoms with E-state index in [1.54, 1.807) is 7.11 Å². The van der Waals surface area contributed by atoms with Crippen molar-refractivity contribution in [2.24, 2.45) is 0 Å². The third-order valence-corrected chi connectivity index (χ3v) is 3.60. The quantitative estimate of drug-likeness (QED) is 0.606. The fraction of sp³-hybridized carbons (Fsp3) is 0.692. The Kier molecular flexibility index (Phi) is 6.41. The van der Waals surface area contributed by atoms with Crippen LogP contribution in [-0.2, 0) is 21.3 Å². The fourth-order valence-corrected chi connectivity index (χ4v) is 2.58. The van der Waals surface area contributed by atoms with Gasteiger partial charge in [0.25, 0.3) is 0 Å². The molecular formula is C13H22IN3O2. The van der Waals surface area contributed by atoms with E-state index in [0.29, 0.717) is 32.1 Å². The van der Waals surface area contributed by atoms with Gasteiger partial charge in [0.05, 0.1) is 29.1 Å². The molecule has 19 heavy (non-hydrogen) atoms. The second kappa shape index (κ2) is 7.35. The van der Waals surface area contributed by atoms with Crippen molar-refractivity contribution in [3.05, 3.63) is 15.1 Å². The maximum atomic E-state index is 5.95. The van der Waals surface area contributed by atoms with Gasteiger partial charge in [-0.15, -0.1) is 0 Å². The van der Waals surface area contributed by atoms with E-state index in [9.17, 15) is 0 Å². The predicted octanol–water partition coefficient (Wildman–Crippen LogP) is 2.17. The summed E-state index contributed by atoms with van der Waals surface area (Å²) in [6.45, 7) is 8.12. The molecule has 1 heterocycles. The molecule has 0 fully saturated rings. The average Bonchev–Trinajstić information content (AvgIpc) is 2.31. The van der Waals surface area contributed by atoms with Crippen LogP contribution in [0.5, 0.6) is 0 Å². The third-order valence-electron chi connectivity index (χ3n) is 2.54. The summed E-state index contributed by atoms with van der Waals surface area (Å²) < 4.78 is 11.3. The zero-order valence-corrected chi connectivity index (χ0v) is 14.2. The summed E-state index contributed by atoms with van der Waals surface area (Å²) in [5, 5.41) is 0. The Balaban J connectivity index is 2.72. The number of aromatic nitrogens is 2. The highest BCUT2D eigenvalue weighted by Gasteiger charge is 2.22. The molecule has 0 radical (unpaired) electrons. The Hall–Kier alpha value is -0.470. The maximum absolute atomic E-state index is 5.95. The highest BCUT2D eigenvalue weighted by Crippen LogP contribution is 2.27. The van der Waals surface area contributed by atoms with E-state index in [1.807, 2.05) is 0 Å². The SMILES string of the molecule is COCCOCCc1nc(N)c(I)c(C(C)(C)C)n1. The highest BCUT2D eigenvalue weighted by molar-refractivity contribution is 14.1. The van der Waals surface area contributed by atoms with E-state index in [0.717, 1.165) is 15.1 Å². The first-order valence-corrected chi connectivity index (χ1v) is 7.33. The number of nitrogens with two attached hydrogens (primary N) is 1. The van der Waals surface area contributed by atoms with Crippen LogP contribution in [0.1, 0.15) is 32.3 Å². The van der Waals surface area contributed by atoms with Crippen molar-refractivity contribution in [2.45, 2.75) is 32.6 Å². The summed E-state index contributed by atoms with van der Waals surface area (Å²) in [6, 6.07) is 0. The summed E-state index contributed by atoms with van der Waals surface area (Å²) in [5.41, 5.74) is 6.90. The number of halogens is 1. The van der Waals surface area contributed by atoms with Gasteiger partial charge in [0.1, 0.15) is 11.6 Å². The molecule has 6 heteroatoms. The second-order valence-electron chi connectivity index (χ2n) is 5.29. The van der Waals surface area contributed by atoms with E-state index >= 15 is 0 Å². The predicted molar refractivity (Wildman–Crippen MR) is 84.3 cm³/mol. The molecule has 1 rings (SSSR count). The van der Waals surface area contributed by atoms with Gasteiger partial charge in [-0.1, -0.05) is 20.8 Å². The van der Waals surface area contributed by atoms with Crippen molar-refractivity contribution in [3.8, 4) is 0 Å². The van der Waals surface area contributed by atoms with Gasteiger partial charge >= 0.3 is 0 Å². The van der Waals surface area contributed by atoms with Crippen molar-refractivity contribution >= 4 is 28.4 Å². The van der Waals surface area contributed by atoms with Crippen LogP contribution in [0.3, 0.4) is 0 Å². The molecule has 108 valence electrons. The summed E-state index contributed by atoms with van der Waals surface area (Å²) >= 11 is 2.21. The minimum atomic E-state index is -0.0424. The topological polar surface area (TPSA) is 70.3 Å². The van der Waals surface area contributed by atoms with Crippen molar-refractivity contribution in [2.75, 3.05) is 32.7 Å². The van der Waals surface area contributed by atoms with Crippen molar-refractivity contribution in [3.63, 3.8) is 0 Å². The zero-order chi connectivity index (χ0) is 14.5. The number of hydrogen-bond acceptors (Lipinski definition) is 5. The number of rotatable bonds is 6. The summed E-state index contributed by atoms with van der Waals surface area (Å²) in [5.74, 6) is 1.28. The second-order valence-corrected chi connectivity index (χ2v) is 6.37. The fourth-order valence-electron chi connectivity index (χ4n) is 1.53. The van der Waals surface area contributed by atoms with E-state index in [1.165, 1.54) is 0 Å². The van der Waals surface area contributed by atoms with Crippen LogP contribution in [0.4, 0.5) is 5.82 Å². The minimum Gasteiger partial charge on any atom is -0.383 e. The van der Waals surface area contributed by atoms with Crippen molar-refractivity contribution < 1.29 is 9.47 Å². The van der Waals surface area contributed by atoms with Crippen molar-refractivity contribution in [1.29, 1.82) is 0 Å². The largest absolute Gasteiger partial charge is 0.383 e. The molecule has 0 saturated heterocycles. The van der Waals surface area contributed by atoms with Crippen LogP contribution in [-0.4, -0.2) is 36.9 Å². The van der Waals surface area contributed by atoms with E-state index < -0.39 is 0 Å². The van der Waals surface area contributed by atoms with E-state index in [4.69, 9.17) is 15.2 Å². The lowest BCUT2D eigenvalue weighted by atomic mass is 9.92. The Labute approximate surface area is 128 Å². The Morgan fingerprint density at radius 1 is 1.16 bits per heavy atom. The molecular weight excluding hydrogens is 357 g/mol. The van der Waals surface area contributed by atoms with Gasteiger partial charge in [-0.05, 0) is 22.6 Å². The molecule has 0 saturated carbocycles. The molecule has 0 aliphatic rings. The van der Waals surface area contributed by atoms with Gasteiger partial charge in [0.15, 0.2) is 0 Å². The van der Waals surface area contributed by atoms with Gasteiger partial charge in [0, 0.05) is 18.9 Å². The molecule has 0 atom stereocenters. The summed E-state index contributed by atoms with van der Waals surface area (Å²) in [7, 11) is 1.65. The smallest absolute Gasteiger partial charge is 0.140 e. The van der Waals surface area contributed by atoms with Crippen LogP contribution in [0.2, 0.25) is 0 Å². The molecule has 1 aromatic heterocycles. The van der Waals surface area contributed by atoms with Crippen LogP contribution >= 0.6 is 22.6 Å². The molecule has 0 spiro atoms. The lowest BCUT2D eigenvalue weighted by molar-refractivity contribution is 0.0716. The van der Waals surface area contributed by atoms with Gasteiger partial charge in [-0.25, -0.2) is 9.97 Å². The van der Waals surface area contributed by atoms with Gasteiger partial charge in [0.2, 0.25) is 0 Å². The Bertz CT molecular complexity index is 419. The number of ether oxygens (including phenoxy) is 2. The molecule has 2 N–H and O–H groups in total. The third kappa shape index (κ3) is 5.19. The molecule has 0 bridgehead atoms. The maximum Gasteiger partial charge on any atom is 0.140 e. The number of nitrogen functional groups attached to an aromatic ring is 1. The number of anilines is 1. The van der Waals surface area contributed by atoms with Gasteiger partial charge < -0.3 is 15.2 Å². The van der Waals surface area contributed by atoms with Crippen LogP contribution in [0, 0.1) is 3.57 Å². The van der Waals surface area contributed by atoms with E-state index in [2.05, 4.69) is 53.3 Å². The molecule has 0 aromatic carbocycles. The van der Waals surface area contributed by atoms with Crippen LogP contribution < -0.4 is 5.73 Å². The molecule has 5 nitrogen and oxygen atoms in total. The lowest BCUT2D eigenvalue weighted by Crippen LogP contribution is -2.20. The van der Waals surface area contributed by atoms with Gasteiger partial charge in [-0.2, -0.15) is 0 Å². The normalized spacial score (nSPS) is 11.8. The van der Waals surface area contributed by atoms with Gasteiger partial charge in [-0.3, -0.25) is 0 Å². The van der Waals surface area contributed by atoms with Crippen molar-refractivity contribution in [1.82, 2.24) is 9.97 Å². The average molecular weight is 379 g/mol. The standard InChI is InChI=1S/C13H22IN3O2/c1-13(2,3)11-10(14)12(15)17-9(16-11)5-6-19-8-7-18-4/h5-8H2,1-4H3,(H2,15,16,17). The molecule has 0 aliphatic carbocycles. The zero-order valence-electron chi connectivity index (χ0n) is 12.0. The number of nitrogens with zero attached hydrogens (tertiary/aromatic N) is 2. The lowest BCUT2D eigenvalue weighted by Gasteiger charge is -2.20. The summed E-state index contributed by atoms with van der Waals surface area (Å²) in [6.07, 6.45) is 0.661. The molecule has 0 aliphatic heterocycles. The van der Waals surface area contributed by atoms with Crippen LogP contribution in [0.15, 0.2) is 0 Å². The Morgan fingerprint density at radius 3 is 2.42 bits per heavy atom. The first-order chi connectivity index (χ1) is 8.86. The highest BCUT2D eigenvalue weighted by atomic mass is 127. The molecule has 1 aromatic rings. The minimum absolute atomic E-state index is 0.0424. The first-order valence-electron chi connectivity index (χ1n) is 6.25. The monoisotopic (exact) mass is 379 g/mol. The number of hydrogen-bond donors (Lipinski definition) is 1.